The number of nitriles is 3. The lowest BCUT2D eigenvalue weighted by atomic mass is 10.0. The van der Waals surface area contributed by atoms with Crippen LogP contribution in [0.2, 0.25) is 0 Å². The molecule has 1 atom stereocenters. The summed E-state index contributed by atoms with van der Waals surface area (Å²) >= 11 is 0. The Balaban J connectivity index is 3.75. The molecule has 0 aliphatic heterocycles. The zero-order chi connectivity index (χ0) is 12.3. The topological polar surface area (TPSA) is 71.4 Å². The van der Waals surface area contributed by atoms with E-state index >= 15 is 0 Å². The monoisotopic (exact) mass is 235 g/mol. The molecule has 1 unspecified atom stereocenters. The lowest BCUT2D eigenvalue weighted by Crippen LogP contribution is -2.14. The van der Waals surface area contributed by atoms with Gasteiger partial charge in [-0.05, 0) is 5.56 Å². The van der Waals surface area contributed by atoms with Crippen molar-refractivity contribution in [1.29, 1.82) is 15.8 Å². The van der Waals surface area contributed by atoms with Gasteiger partial charge in [0.1, 0.15) is 17.7 Å². The molecule has 78 valence electrons. The number of benzene rings is 1. The lowest BCUT2D eigenvalue weighted by Gasteiger charge is -2.08. The fraction of sp³-hybridized carbons (Fsp3) is 0.100. The van der Waals surface area contributed by atoms with Gasteiger partial charge in [-0.25, -0.2) is 8.78 Å². The SMILES string of the molecule is N#CCc1c(P)c(F)c(C#N)c(F)c1C#N. The van der Waals surface area contributed by atoms with E-state index in [-0.39, 0.29) is 17.3 Å². The standard InChI is InChI=1S/C10H4F2N3P/c11-8-6(3-14)5(1-2-13)10(16)9(12)7(8)4-15/h1,16H2. The van der Waals surface area contributed by atoms with Gasteiger partial charge in [-0.15, -0.1) is 9.24 Å². The van der Waals surface area contributed by atoms with Crippen LogP contribution in [0.4, 0.5) is 8.78 Å². The van der Waals surface area contributed by atoms with Gasteiger partial charge in [0.25, 0.3) is 0 Å². The number of hydrogen-bond donors (Lipinski definition) is 0. The van der Waals surface area contributed by atoms with Crippen molar-refractivity contribution < 1.29 is 8.78 Å². The maximum atomic E-state index is 13.5. The van der Waals surface area contributed by atoms with Gasteiger partial charge in [-0.3, -0.25) is 0 Å². The second kappa shape index (κ2) is 4.67. The molecule has 0 fully saturated rings. The van der Waals surface area contributed by atoms with E-state index in [1.54, 1.807) is 6.07 Å². The third-order valence-corrected chi connectivity index (χ3v) is 2.60. The zero-order valence-corrected chi connectivity index (χ0v) is 9.04. The van der Waals surface area contributed by atoms with E-state index in [2.05, 4.69) is 0 Å². The van der Waals surface area contributed by atoms with Crippen molar-refractivity contribution in [2.45, 2.75) is 6.42 Å². The van der Waals surface area contributed by atoms with E-state index in [9.17, 15) is 8.78 Å². The number of hydrogen-bond acceptors (Lipinski definition) is 3. The first-order chi connectivity index (χ1) is 7.58. The molecule has 1 aromatic rings. The van der Waals surface area contributed by atoms with Crippen LogP contribution in [0.1, 0.15) is 16.7 Å². The average molecular weight is 235 g/mol. The van der Waals surface area contributed by atoms with Gasteiger partial charge in [0, 0.05) is 5.30 Å². The van der Waals surface area contributed by atoms with Crippen molar-refractivity contribution in [2.24, 2.45) is 0 Å². The van der Waals surface area contributed by atoms with Crippen LogP contribution in [0.15, 0.2) is 0 Å². The Morgan fingerprint density at radius 3 is 2.00 bits per heavy atom. The molecular weight excluding hydrogens is 231 g/mol. The summed E-state index contributed by atoms with van der Waals surface area (Å²) in [7, 11) is 1.97. The Labute approximate surface area is 92.7 Å². The van der Waals surface area contributed by atoms with Crippen LogP contribution in [0, 0.1) is 45.6 Å². The molecule has 0 aliphatic carbocycles. The summed E-state index contributed by atoms with van der Waals surface area (Å²) in [6, 6.07) is 4.60. The van der Waals surface area contributed by atoms with Crippen LogP contribution in [0.5, 0.6) is 0 Å². The second-order valence-electron chi connectivity index (χ2n) is 2.83. The van der Waals surface area contributed by atoms with Gasteiger partial charge in [0.15, 0.2) is 11.6 Å². The van der Waals surface area contributed by atoms with Crippen LogP contribution in [0.25, 0.3) is 0 Å². The molecule has 1 aromatic carbocycles. The van der Waals surface area contributed by atoms with Crippen LogP contribution in [-0.2, 0) is 6.42 Å². The van der Waals surface area contributed by atoms with Crippen LogP contribution < -0.4 is 5.30 Å². The normalized spacial score (nSPS) is 9.00. The second-order valence-corrected chi connectivity index (χ2v) is 3.41. The minimum absolute atomic E-state index is 0.0380. The fourth-order valence-electron chi connectivity index (χ4n) is 1.23. The molecule has 3 nitrogen and oxygen atoms in total. The summed E-state index contributed by atoms with van der Waals surface area (Å²) in [6.07, 6.45) is -0.290. The smallest absolute Gasteiger partial charge is 0.162 e. The van der Waals surface area contributed by atoms with E-state index in [1.165, 1.54) is 12.1 Å². The highest BCUT2D eigenvalue weighted by atomic mass is 31.0. The Hall–Kier alpha value is -2.02. The summed E-state index contributed by atoms with van der Waals surface area (Å²) in [6.45, 7) is 0. The van der Waals surface area contributed by atoms with Crippen LogP contribution in [0.3, 0.4) is 0 Å². The molecule has 0 radical (unpaired) electrons. The van der Waals surface area contributed by atoms with Gasteiger partial charge in [0.05, 0.1) is 18.1 Å². The van der Waals surface area contributed by atoms with Crippen molar-refractivity contribution >= 4 is 14.5 Å². The number of rotatable bonds is 1. The summed E-state index contributed by atoms with van der Waals surface area (Å²) in [5.41, 5.74) is -1.29. The Kier molecular flexibility index (Phi) is 3.51. The molecule has 0 aromatic heterocycles. The third kappa shape index (κ3) is 1.72. The molecule has 0 saturated carbocycles. The highest BCUT2D eigenvalue weighted by Gasteiger charge is 2.22. The molecule has 0 saturated heterocycles. The summed E-state index contributed by atoms with van der Waals surface area (Å²) in [5.74, 6) is -2.26. The third-order valence-electron chi connectivity index (χ3n) is 2.00. The van der Waals surface area contributed by atoms with Crippen LogP contribution in [-0.4, -0.2) is 0 Å². The zero-order valence-electron chi connectivity index (χ0n) is 7.88. The van der Waals surface area contributed by atoms with E-state index < -0.39 is 22.8 Å². The molecule has 0 N–H and O–H groups in total. The van der Waals surface area contributed by atoms with E-state index in [0.717, 1.165) is 0 Å². The predicted molar refractivity (Wildman–Crippen MR) is 54.4 cm³/mol. The Morgan fingerprint density at radius 2 is 1.56 bits per heavy atom. The molecular formula is C10H4F2N3P. The van der Waals surface area contributed by atoms with Gasteiger partial charge in [0.2, 0.25) is 0 Å². The van der Waals surface area contributed by atoms with E-state index in [0.29, 0.717) is 0 Å². The first-order valence-corrected chi connectivity index (χ1v) is 4.62. The van der Waals surface area contributed by atoms with Crippen molar-refractivity contribution in [2.75, 3.05) is 0 Å². The minimum atomic E-state index is -1.21. The van der Waals surface area contributed by atoms with Crippen LogP contribution >= 0.6 is 9.24 Å². The first-order valence-electron chi connectivity index (χ1n) is 4.04. The van der Waals surface area contributed by atoms with Gasteiger partial charge in [-0.1, -0.05) is 0 Å². The molecule has 16 heavy (non-hydrogen) atoms. The maximum absolute atomic E-state index is 13.5. The molecule has 0 amide bonds. The molecule has 0 heterocycles. The van der Waals surface area contributed by atoms with Gasteiger partial charge < -0.3 is 0 Å². The highest BCUT2D eigenvalue weighted by Crippen LogP contribution is 2.20. The summed E-state index contributed by atoms with van der Waals surface area (Å²) in [5, 5.41) is 25.7. The predicted octanol–water partition coefficient (Wildman–Crippen LogP) is 1.27. The summed E-state index contributed by atoms with van der Waals surface area (Å²) < 4.78 is 27.0. The minimum Gasteiger partial charge on any atom is -0.205 e. The van der Waals surface area contributed by atoms with Crippen molar-refractivity contribution in [3.8, 4) is 18.2 Å². The summed E-state index contributed by atoms with van der Waals surface area (Å²) in [4.78, 5) is 0. The largest absolute Gasteiger partial charge is 0.205 e. The Morgan fingerprint density at radius 1 is 1.00 bits per heavy atom. The van der Waals surface area contributed by atoms with Gasteiger partial charge in [-0.2, -0.15) is 15.8 Å². The molecule has 0 spiro atoms. The quantitative estimate of drug-likeness (QED) is 0.688. The van der Waals surface area contributed by atoms with Crippen molar-refractivity contribution in [1.82, 2.24) is 0 Å². The van der Waals surface area contributed by atoms with Gasteiger partial charge >= 0.3 is 0 Å². The van der Waals surface area contributed by atoms with E-state index in [1.807, 2.05) is 9.24 Å². The first kappa shape index (κ1) is 12.1. The van der Waals surface area contributed by atoms with Crippen molar-refractivity contribution in [3.05, 3.63) is 28.3 Å². The van der Waals surface area contributed by atoms with Crippen molar-refractivity contribution in [3.63, 3.8) is 0 Å². The highest BCUT2D eigenvalue weighted by molar-refractivity contribution is 7.27. The van der Waals surface area contributed by atoms with E-state index in [4.69, 9.17) is 15.8 Å². The maximum Gasteiger partial charge on any atom is 0.162 e. The Bertz CT molecular complexity index is 576. The molecule has 0 bridgehead atoms. The average Bonchev–Trinajstić information content (AvgIpc) is 2.27. The lowest BCUT2D eigenvalue weighted by molar-refractivity contribution is 0.577. The fourth-order valence-corrected chi connectivity index (χ4v) is 1.62. The molecule has 1 rings (SSSR count). The number of halogens is 2. The molecule has 0 aliphatic rings. The number of nitrogens with zero attached hydrogens (tertiary/aromatic N) is 3. The molecule has 6 heteroatoms.